The van der Waals surface area contributed by atoms with Crippen molar-refractivity contribution in [2.45, 2.75) is 37.8 Å². The lowest BCUT2D eigenvalue weighted by molar-refractivity contribution is 0.0679. The smallest absolute Gasteiger partial charge is 0.255 e. The van der Waals surface area contributed by atoms with Crippen LogP contribution in [-0.2, 0) is 4.74 Å². The zero-order valence-corrected chi connectivity index (χ0v) is 15.6. The first kappa shape index (κ1) is 18.5. The summed E-state index contributed by atoms with van der Waals surface area (Å²) < 4.78 is 11.3. The molecule has 146 valence electrons. The maximum atomic E-state index is 12.5. The molecule has 2 N–H and O–H groups in total. The molecule has 2 amide bonds. The first-order valence-corrected chi connectivity index (χ1v) is 9.74. The van der Waals surface area contributed by atoms with Crippen LogP contribution in [0.3, 0.4) is 0 Å². The maximum Gasteiger partial charge on any atom is 0.255 e. The van der Waals surface area contributed by atoms with Gasteiger partial charge in [-0.15, -0.1) is 0 Å². The van der Waals surface area contributed by atoms with E-state index in [0.717, 1.165) is 32.3 Å². The fourth-order valence-electron chi connectivity index (χ4n) is 3.11. The van der Waals surface area contributed by atoms with Crippen molar-refractivity contribution in [3.63, 3.8) is 0 Å². The second-order valence-electron chi connectivity index (χ2n) is 7.25. The molecule has 1 aliphatic carbocycles. The Balaban J connectivity index is 1.33. The molecule has 0 unspecified atom stereocenters. The minimum Gasteiger partial charge on any atom is -0.491 e. The molecule has 1 saturated heterocycles. The van der Waals surface area contributed by atoms with Gasteiger partial charge in [-0.1, -0.05) is 6.07 Å². The van der Waals surface area contributed by atoms with Gasteiger partial charge in [0.05, 0.1) is 6.10 Å². The number of nitrogens with one attached hydrogen (secondary N) is 2. The molecule has 1 atom stereocenters. The summed E-state index contributed by atoms with van der Waals surface area (Å²) in [6.45, 7) is 1.33. The molecule has 2 aromatic carbocycles. The first-order chi connectivity index (χ1) is 13.7. The van der Waals surface area contributed by atoms with Crippen LogP contribution in [0.4, 0.5) is 5.69 Å². The van der Waals surface area contributed by atoms with Crippen LogP contribution in [0.5, 0.6) is 5.75 Å². The van der Waals surface area contributed by atoms with Crippen LogP contribution in [0.1, 0.15) is 46.4 Å². The van der Waals surface area contributed by atoms with E-state index in [2.05, 4.69) is 10.6 Å². The molecular weight excluding hydrogens is 356 g/mol. The summed E-state index contributed by atoms with van der Waals surface area (Å²) in [5.74, 6) is 0.377. The summed E-state index contributed by atoms with van der Waals surface area (Å²) in [7, 11) is 0. The van der Waals surface area contributed by atoms with Crippen molar-refractivity contribution >= 4 is 17.5 Å². The number of ether oxygens (including phenoxy) is 2. The molecule has 1 aliphatic heterocycles. The molecule has 4 rings (SSSR count). The van der Waals surface area contributed by atoms with Crippen molar-refractivity contribution in [2.24, 2.45) is 0 Å². The molecule has 28 heavy (non-hydrogen) atoms. The van der Waals surface area contributed by atoms with Gasteiger partial charge >= 0.3 is 0 Å². The van der Waals surface area contributed by atoms with Crippen molar-refractivity contribution in [1.29, 1.82) is 0 Å². The average molecular weight is 380 g/mol. The van der Waals surface area contributed by atoms with Gasteiger partial charge < -0.3 is 20.1 Å². The molecule has 6 heteroatoms. The molecule has 0 radical (unpaired) electrons. The van der Waals surface area contributed by atoms with Crippen LogP contribution in [0.25, 0.3) is 0 Å². The lowest BCUT2D eigenvalue weighted by Crippen LogP contribution is -2.25. The van der Waals surface area contributed by atoms with Crippen molar-refractivity contribution in [3.05, 3.63) is 59.7 Å². The van der Waals surface area contributed by atoms with Crippen molar-refractivity contribution < 1.29 is 19.1 Å². The van der Waals surface area contributed by atoms with Gasteiger partial charge in [0.1, 0.15) is 12.4 Å². The Morgan fingerprint density at radius 2 is 1.82 bits per heavy atom. The van der Waals surface area contributed by atoms with E-state index in [-0.39, 0.29) is 17.9 Å². The Kier molecular flexibility index (Phi) is 5.58. The first-order valence-electron chi connectivity index (χ1n) is 9.74. The molecule has 0 bridgehead atoms. The Morgan fingerprint density at radius 1 is 1.00 bits per heavy atom. The van der Waals surface area contributed by atoms with Gasteiger partial charge in [-0.05, 0) is 68.1 Å². The number of carbonyl (C=O) groups is 2. The highest BCUT2D eigenvalue weighted by molar-refractivity contribution is 6.05. The van der Waals surface area contributed by atoms with Crippen LogP contribution in [0.2, 0.25) is 0 Å². The molecule has 1 saturated carbocycles. The number of anilines is 1. The highest BCUT2D eigenvalue weighted by atomic mass is 16.5. The van der Waals surface area contributed by atoms with E-state index in [0.29, 0.717) is 35.2 Å². The SMILES string of the molecule is O=C(Nc1cccc(C(=O)NC2CC2)c1)c1ccc(OC[C@H]2CCCO2)cc1. The number of hydrogen-bond acceptors (Lipinski definition) is 4. The minimum absolute atomic E-state index is 0.105. The van der Waals surface area contributed by atoms with Crippen molar-refractivity contribution in [2.75, 3.05) is 18.5 Å². The van der Waals surface area contributed by atoms with Gasteiger partial charge in [0, 0.05) is 29.5 Å². The van der Waals surface area contributed by atoms with Crippen LogP contribution < -0.4 is 15.4 Å². The highest BCUT2D eigenvalue weighted by Gasteiger charge is 2.23. The zero-order chi connectivity index (χ0) is 19.3. The Labute approximate surface area is 164 Å². The van der Waals surface area contributed by atoms with Crippen LogP contribution in [0, 0.1) is 0 Å². The summed E-state index contributed by atoms with van der Waals surface area (Å²) in [5.41, 5.74) is 1.66. The standard InChI is InChI=1S/C22H24N2O4/c25-21(15-6-10-19(11-7-15)28-14-20-5-2-12-27-20)24-18-4-1-3-16(13-18)22(26)23-17-8-9-17/h1,3-4,6-7,10-11,13,17,20H,2,5,8-9,12,14H2,(H,23,26)(H,24,25)/t20-/m1/s1. The third-order valence-electron chi connectivity index (χ3n) is 4.87. The normalized spacial score (nSPS) is 18.5. The Morgan fingerprint density at radius 3 is 2.54 bits per heavy atom. The fourth-order valence-corrected chi connectivity index (χ4v) is 3.11. The summed E-state index contributed by atoms with van der Waals surface area (Å²) in [6, 6.07) is 14.3. The van der Waals surface area contributed by atoms with Crippen molar-refractivity contribution in [3.8, 4) is 5.75 Å². The number of amides is 2. The summed E-state index contributed by atoms with van der Waals surface area (Å²) in [4.78, 5) is 24.6. The molecule has 2 fully saturated rings. The Hall–Kier alpha value is -2.86. The van der Waals surface area contributed by atoms with Gasteiger partial charge in [0.2, 0.25) is 0 Å². The predicted octanol–water partition coefficient (Wildman–Crippen LogP) is 3.39. The predicted molar refractivity (Wildman–Crippen MR) is 106 cm³/mol. The van der Waals surface area contributed by atoms with E-state index in [1.165, 1.54) is 0 Å². The van der Waals surface area contributed by atoms with Gasteiger partial charge in [0.25, 0.3) is 11.8 Å². The van der Waals surface area contributed by atoms with E-state index in [4.69, 9.17) is 9.47 Å². The molecule has 1 heterocycles. The van der Waals surface area contributed by atoms with E-state index >= 15 is 0 Å². The molecule has 0 aromatic heterocycles. The average Bonchev–Trinajstić information content (AvgIpc) is 3.37. The van der Waals surface area contributed by atoms with Crippen LogP contribution in [-0.4, -0.2) is 37.2 Å². The highest BCUT2D eigenvalue weighted by Crippen LogP contribution is 2.21. The topological polar surface area (TPSA) is 76.7 Å². The number of benzene rings is 2. The van der Waals surface area contributed by atoms with Gasteiger partial charge in [-0.2, -0.15) is 0 Å². The third-order valence-corrected chi connectivity index (χ3v) is 4.87. The monoisotopic (exact) mass is 380 g/mol. The fraction of sp³-hybridized carbons (Fsp3) is 0.364. The van der Waals surface area contributed by atoms with Crippen LogP contribution >= 0.6 is 0 Å². The largest absolute Gasteiger partial charge is 0.491 e. The number of rotatable bonds is 7. The molecule has 2 aliphatic rings. The van der Waals surface area contributed by atoms with Gasteiger partial charge in [-0.25, -0.2) is 0 Å². The van der Waals surface area contributed by atoms with Crippen LogP contribution in [0.15, 0.2) is 48.5 Å². The van der Waals surface area contributed by atoms with E-state index in [1.807, 2.05) is 0 Å². The maximum absolute atomic E-state index is 12.5. The quantitative estimate of drug-likeness (QED) is 0.772. The minimum atomic E-state index is -0.231. The lowest BCUT2D eigenvalue weighted by Gasteiger charge is -2.12. The van der Waals surface area contributed by atoms with Crippen molar-refractivity contribution in [1.82, 2.24) is 5.32 Å². The summed E-state index contributed by atoms with van der Waals surface area (Å²) >= 11 is 0. The Bertz CT molecular complexity index is 840. The van der Waals surface area contributed by atoms with E-state index in [9.17, 15) is 9.59 Å². The van der Waals surface area contributed by atoms with E-state index < -0.39 is 0 Å². The third kappa shape index (κ3) is 4.89. The van der Waals surface area contributed by atoms with Gasteiger partial charge in [0.15, 0.2) is 0 Å². The second-order valence-corrected chi connectivity index (χ2v) is 7.25. The molecule has 6 nitrogen and oxygen atoms in total. The second kappa shape index (κ2) is 8.44. The van der Waals surface area contributed by atoms with Gasteiger partial charge in [-0.3, -0.25) is 9.59 Å². The summed E-state index contributed by atoms with van der Waals surface area (Å²) in [6.07, 6.45) is 4.34. The lowest BCUT2D eigenvalue weighted by atomic mass is 10.1. The van der Waals surface area contributed by atoms with E-state index in [1.54, 1.807) is 48.5 Å². The number of hydrogen-bond donors (Lipinski definition) is 2. The summed E-state index contributed by atoms with van der Waals surface area (Å²) in [5, 5.41) is 5.79. The molecular formula is C22H24N2O4. The molecule has 0 spiro atoms. The number of carbonyl (C=O) groups excluding carboxylic acids is 2. The molecule has 2 aromatic rings. The zero-order valence-electron chi connectivity index (χ0n) is 15.6.